The van der Waals surface area contributed by atoms with Gasteiger partial charge in [0, 0.05) is 30.5 Å². The third-order valence-corrected chi connectivity index (χ3v) is 3.58. The zero-order valence-electron chi connectivity index (χ0n) is 12.9. The van der Waals surface area contributed by atoms with E-state index in [2.05, 4.69) is 23.0 Å². The smallest absolute Gasteiger partial charge is 0.305 e. The van der Waals surface area contributed by atoms with Gasteiger partial charge in [0.2, 0.25) is 0 Å². The van der Waals surface area contributed by atoms with E-state index in [4.69, 9.17) is 9.47 Å². The van der Waals surface area contributed by atoms with E-state index in [0.717, 1.165) is 36.4 Å². The number of methoxy groups -OCH3 is 2. The highest BCUT2D eigenvalue weighted by atomic mass is 16.5. The number of ether oxygens (including phenoxy) is 3. The van der Waals surface area contributed by atoms with Crippen molar-refractivity contribution in [3.05, 3.63) is 23.3 Å². The summed E-state index contributed by atoms with van der Waals surface area (Å²) >= 11 is 0. The van der Waals surface area contributed by atoms with Crippen molar-refractivity contribution < 1.29 is 19.0 Å². The van der Waals surface area contributed by atoms with Gasteiger partial charge in [-0.2, -0.15) is 0 Å². The first kappa shape index (κ1) is 15.6. The average Bonchev–Trinajstić information content (AvgIpc) is 2.84. The van der Waals surface area contributed by atoms with Crippen molar-refractivity contribution in [1.82, 2.24) is 5.32 Å². The molecule has 5 heteroatoms. The van der Waals surface area contributed by atoms with Gasteiger partial charge >= 0.3 is 5.97 Å². The van der Waals surface area contributed by atoms with E-state index in [-0.39, 0.29) is 12.1 Å². The van der Waals surface area contributed by atoms with Gasteiger partial charge in [0.25, 0.3) is 0 Å². The molecule has 0 saturated carbocycles. The molecule has 0 aromatic heterocycles. The molecule has 5 nitrogen and oxygen atoms in total. The Bertz CT molecular complexity index is 501. The maximum atomic E-state index is 11.0. The Kier molecular flexibility index (Phi) is 5.44. The molecule has 0 spiro atoms. The molecule has 0 radical (unpaired) electrons. The monoisotopic (exact) mass is 293 g/mol. The molecule has 0 bridgehead atoms. The molecule has 1 atom stereocenters. The summed E-state index contributed by atoms with van der Waals surface area (Å²) in [5.41, 5.74) is 2.28. The fraction of sp³-hybridized carbons (Fsp3) is 0.562. The summed E-state index contributed by atoms with van der Waals surface area (Å²) in [4.78, 5) is 11.0. The Morgan fingerprint density at radius 2 is 2.24 bits per heavy atom. The first-order chi connectivity index (χ1) is 10.1. The van der Waals surface area contributed by atoms with E-state index >= 15 is 0 Å². The molecule has 1 aliphatic rings. The van der Waals surface area contributed by atoms with Crippen LogP contribution in [0.1, 0.15) is 30.9 Å². The van der Waals surface area contributed by atoms with Gasteiger partial charge in [0.05, 0.1) is 14.2 Å². The van der Waals surface area contributed by atoms with Gasteiger partial charge in [-0.15, -0.1) is 0 Å². The van der Waals surface area contributed by atoms with Crippen LogP contribution in [-0.2, 0) is 22.5 Å². The van der Waals surface area contributed by atoms with Crippen LogP contribution in [0.2, 0.25) is 0 Å². The quantitative estimate of drug-likeness (QED) is 0.616. The van der Waals surface area contributed by atoms with Crippen molar-refractivity contribution in [2.45, 2.75) is 38.8 Å². The molecule has 0 amide bonds. The van der Waals surface area contributed by atoms with Gasteiger partial charge in [-0.1, -0.05) is 0 Å². The summed E-state index contributed by atoms with van der Waals surface area (Å²) in [6.45, 7) is 3.51. The lowest BCUT2D eigenvalue weighted by Gasteiger charge is -2.12. The Balaban J connectivity index is 1.88. The minimum absolute atomic E-state index is 0.172. The summed E-state index contributed by atoms with van der Waals surface area (Å²) in [5.74, 6) is 1.66. The van der Waals surface area contributed by atoms with Gasteiger partial charge in [0.15, 0.2) is 0 Å². The van der Waals surface area contributed by atoms with Gasteiger partial charge in [0.1, 0.15) is 17.6 Å². The molecule has 2 rings (SSSR count). The number of rotatable bonds is 7. The summed E-state index contributed by atoms with van der Waals surface area (Å²) in [7, 11) is 3.09. The lowest BCUT2D eigenvalue weighted by atomic mass is 10.1. The van der Waals surface area contributed by atoms with E-state index < -0.39 is 0 Å². The molecule has 1 aromatic rings. The molecule has 116 valence electrons. The lowest BCUT2D eigenvalue weighted by Crippen LogP contribution is -2.16. The number of carbonyl (C=O) groups excluding carboxylic acids is 1. The van der Waals surface area contributed by atoms with Crippen LogP contribution >= 0.6 is 0 Å². The molecule has 1 unspecified atom stereocenters. The average molecular weight is 293 g/mol. The molecule has 1 aromatic carbocycles. The zero-order valence-corrected chi connectivity index (χ0v) is 12.9. The normalized spacial score (nSPS) is 16.2. The van der Waals surface area contributed by atoms with E-state index in [1.807, 2.05) is 6.07 Å². The van der Waals surface area contributed by atoms with Gasteiger partial charge in [-0.25, -0.2) is 0 Å². The predicted molar refractivity (Wildman–Crippen MR) is 79.7 cm³/mol. The van der Waals surface area contributed by atoms with Crippen LogP contribution in [0.15, 0.2) is 12.1 Å². The fourth-order valence-electron chi connectivity index (χ4n) is 2.49. The molecular weight excluding hydrogens is 270 g/mol. The van der Waals surface area contributed by atoms with Crippen LogP contribution in [0.4, 0.5) is 0 Å². The zero-order chi connectivity index (χ0) is 15.2. The minimum atomic E-state index is -0.172. The topological polar surface area (TPSA) is 56.8 Å². The largest absolute Gasteiger partial charge is 0.496 e. The first-order valence-corrected chi connectivity index (χ1v) is 7.28. The van der Waals surface area contributed by atoms with E-state index in [0.29, 0.717) is 13.0 Å². The summed E-state index contributed by atoms with van der Waals surface area (Å²) < 4.78 is 15.8. The standard InChI is InChI=1S/C16H23NO4/c1-11-7-12-8-14(19-2)13(9-15(12)21-11)10-17-6-4-5-16(18)20-3/h8-9,11,17H,4-7,10H2,1-3H3. The van der Waals surface area contributed by atoms with Crippen LogP contribution in [0, 0.1) is 0 Å². The van der Waals surface area contributed by atoms with E-state index in [1.165, 1.54) is 12.7 Å². The van der Waals surface area contributed by atoms with Crippen molar-refractivity contribution in [2.24, 2.45) is 0 Å². The number of esters is 1. The fourth-order valence-corrected chi connectivity index (χ4v) is 2.49. The van der Waals surface area contributed by atoms with Crippen molar-refractivity contribution in [1.29, 1.82) is 0 Å². The van der Waals surface area contributed by atoms with Crippen molar-refractivity contribution in [2.75, 3.05) is 20.8 Å². The number of hydrogen-bond acceptors (Lipinski definition) is 5. The molecule has 0 fully saturated rings. The second-order valence-electron chi connectivity index (χ2n) is 5.26. The highest BCUT2D eigenvalue weighted by Gasteiger charge is 2.21. The molecule has 1 N–H and O–H groups in total. The van der Waals surface area contributed by atoms with Gasteiger partial charge in [-0.05, 0) is 32.0 Å². The van der Waals surface area contributed by atoms with Gasteiger partial charge < -0.3 is 19.5 Å². The maximum absolute atomic E-state index is 11.0. The third kappa shape index (κ3) is 4.11. The van der Waals surface area contributed by atoms with Crippen molar-refractivity contribution in [3.8, 4) is 11.5 Å². The third-order valence-electron chi connectivity index (χ3n) is 3.58. The Morgan fingerprint density at radius 3 is 2.95 bits per heavy atom. The Labute approximate surface area is 125 Å². The number of carbonyl (C=O) groups is 1. The summed E-state index contributed by atoms with van der Waals surface area (Å²) in [6, 6.07) is 4.11. The minimum Gasteiger partial charge on any atom is -0.496 e. The first-order valence-electron chi connectivity index (χ1n) is 7.28. The van der Waals surface area contributed by atoms with E-state index in [9.17, 15) is 4.79 Å². The molecule has 0 saturated heterocycles. The maximum Gasteiger partial charge on any atom is 0.305 e. The summed E-state index contributed by atoms with van der Waals surface area (Å²) in [6.07, 6.45) is 2.35. The van der Waals surface area contributed by atoms with Crippen LogP contribution in [0.25, 0.3) is 0 Å². The Morgan fingerprint density at radius 1 is 1.43 bits per heavy atom. The highest BCUT2D eigenvalue weighted by molar-refractivity contribution is 5.69. The second-order valence-corrected chi connectivity index (χ2v) is 5.26. The number of nitrogens with one attached hydrogen (secondary N) is 1. The van der Waals surface area contributed by atoms with Crippen LogP contribution in [0.3, 0.4) is 0 Å². The Hall–Kier alpha value is -1.75. The second kappa shape index (κ2) is 7.31. The highest BCUT2D eigenvalue weighted by Crippen LogP contribution is 2.34. The number of hydrogen-bond donors (Lipinski definition) is 1. The van der Waals surface area contributed by atoms with E-state index in [1.54, 1.807) is 7.11 Å². The van der Waals surface area contributed by atoms with Crippen LogP contribution < -0.4 is 14.8 Å². The molecule has 21 heavy (non-hydrogen) atoms. The van der Waals surface area contributed by atoms with Gasteiger partial charge in [-0.3, -0.25) is 4.79 Å². The van der Waals surface area contributed by atoms with Crippen molar-refractivity contribution >= 4 is 5.97 Å². The molecule has 1 heterocycles. The number of fused-ring (bicyclic) bond motifs is 1. The molecule has 0 aliphatic carbocycles. The van der Waals surface area contributed by atoms with Crippen LogP contribution in [0.5, 0.6) is 11.5 Å². The molecule has 1 aliphatic heterocycles. The van der Waals surface area contributed by atoms with Crippen LogP contribution in [-0.4, -0.2) is 32.8 Å². The molecular formula is C16H23NO4. The predicted octanol–water partition coefficient (Wildman–Crippen LogP) is 2.06. The summed E-state index contributed by atoms with van der Waals surface area (Å²) in [5, 5.41) is 3.31. The number of benzene rings is 1. The van der Waals surface area contributed by atoms with Crippen molar-refractivity contribution in [3.63, 3.8) is 0 Å². The lowest BCUT2D eigenvalue weighted by molar-refractivity contribution is -0.140. The SMILES string of the molecule is COC(=O)CCCNCc1cc2c(cc1OC)CC(C)O2.